The van der Waals surface area contributed by atoms with E-state index in [9.17, 15) is 0 Å². The molecule has 3 aliphatic heterocycles. The highest BCUT2D eigenvalue weighted by atomic mass is 15.9. The van der Waals surface area contributed by atoms with Gasteiger partial charge in [0.25, 0.3) is 0 Å². The van der Waals surface area contributed by atoms with E-state index in [-0.39, 0.29) is 44.3 Å². The van der Waals surface area contributed by atoms with Gasteiger partial charge in [0.1, 0.15) is 11.1 Å². The maximum Gasteiger partial charge on any atom is 0.346 e. The summed E-state index contributed by atoms with van der Waals surface area (Å²) in [7, 11) is 7.84. The minimum atomic E-state index is -0.0623. The average molecular weight is 452 g/mol. The molecule has 0 saturated carbocycles. The molecule has 3 rings (SSSR count). The number of hydrogen-bond acceptors (Lipinski definition) is 1. The molecule has 0 amide bonds. The van der Waals surface area contributed by atoms with Crippen LogP contribution in [0.2, 0.25) is 0 Å². The van der Waals surface area contributed by atoms with E-state index >= 15 is 0 Å². The second-order valence-electron chi connectivity index (χ2n) is 16.3. The van der Waals surface area contributed by atoms with E-state index in [1.54, 1.807) is 0 Å². The van der Waals surface area contributed by atoms with Crippen LogP contribution in [0.15, 0.2) is 0 Å². The second kappa shape index (κ2) is 5.63. The molecule has 0 aromatic heterocycles. The fourth-order valence-corrected chi connectivity index (χ4v) is 9.74. The number of nitrogens with one attached hydrogen (secondary N) is 1. The van der Waals surface area contributed by atoms with Crippen molar-refractivity contribution in [2.75, 3.05) is 21.1 Å². The van der Waals surface area contributed by atoms with Crippen molar-refractivity contribution in [3.05, 3.63) is 0 Å². The number of quaternary nitrogens is 3. The van der Waals surface area contributed by atoms with Crippen LogP contribution in [0.1, 0.15) is 111 Å². The van der Waals surface area contributed by atoms with Crippen molar-refractivity contribution in [1.82, 2.24) is 5.32 Å². The Bertz CT molecular complexity index is 777. The van der Waals surface area contributed by atoms with Crippen molar-refractivity contribution in [1.29, 1.82) is 0 Å². The molecule has 3 fully saturated rings. The third-order valence-corrected chi connectivity index (χ3v) is 15.0. The first-order valence-electron chi connectivity index (χ1n) is 13.0. The third kappa shape index (κ3) is 1.92. The van der Waals surface area contributed by atoms with E-state index in [0.29, 0.717) is 6.29 Å². The highest BCUT2D eigenvalue weighted by Gasteiger charge is 2.96. The van der Waals surface area contributed by atoms with Gasteiger partial charge in [-0.15, -0.1) is 0 Å². The fourth-order valence-electron chi connectivity index (χ4n) is 9.74. The molecule has 32 heavy (non-hydrogen) atoms. The summed E-state index contributed by atoms with van der Waals surface area (Å²) in [5, 5.41) is 4.27. The van der Waals surface area contributed by atoms with Crippen LogP contribution in [0.3, 0.4) is 0 Å². The summed E-state index contributed by atoms with van der Waals surface area (Å²) in [6.45, 7) is 40.6. The zero-order valence-corrected chi connectivity index (χ0v) is 25.4. The lowest BCUT2D eigenvalue weighted by Crippen LogP contribution is -2.92. The predicted octanol–water partition coefficient (Wildman–Crippen LogP) is 5.47. The van der Waals surface area contributed by atoms with Crippen molar-refractivity contribution >= 4 is 0 Å². The van der Waals surface area contributed by atoms with Gasteiger partial charge in [0.05, 0.1) is 32.2 Å². The molecular formula is C28H59N4+3. The first kappa shape index (κ1) is 26.4. The molecule has 1 N–H and O–H groups in total. The Labute approximate surface area is 201 Å². The molecule has 0 bridgehead atoms. The summed E-state index contributed by atoms with van der Waals surface area (Å²) in [5.74, 6) is 0. The number of nitrogens with zero attached hydrogens (tertiary/aromatic N) is 3. The van der Waals surface area contributed by atoms with Crippen LogP contribution in [0.5, 0.6) is 0 Å². The van der Waals surface area contributed by atoms with Crippen LogP contribution in [0.25, 0.3) is 0 Å². The summed E-state index contributed by atoms with van der Waals surface area (Å²) in [5.41, 5.74) is 0.0957. The molecule has 3 aliphatic rings. The first-order chi connectivity index (χ1) is 13.6. The van der Waals surface area contributed by atoms with Gasteiger partial charge < -0.3 is 0 Å². The molecule has 0 spiro atoms. The van der Waals surface area contributed by atoms with Gasteiger partial charge in [-0.2, -0.15) is 0 Å². The molecule has 3 saturated heterocycles. The SMILES string of the molecule is CC1(C)NC(C)(C)C(C)(C)[N+]2(C)C3[N+](C)(C1(C)C)C(C)(C)C(C)(C)[N+]3(C)C(C)(C)C2(C)C. The molecule has 0 aromatic carbocycles. The monoisotopic (exact) mass is 451 g/mol. The largest absolute Gasteiger partial charge is 0.346 e. The van der Waals surface area contributed by atoms with Gasteiger partial charge in [-0.1, -0.05) is 0 Å². The molecule has 188 valence electrons. The number of hydrogen-bond donors (Lipinski definition) is 1. The Morgan fingerprint density at radius 1 is 0.375 bits per heavy atom. The molecule has 0 radical (unpaired) electrons. The lowest BCUT2D eigenvalue weighted by atomic mass is 9.65. The smallest absolute Gasteiger partial charge is 0.296 e. The molecule has 2 unspecified atom stereocenters. The van der Waals surface area contributed by atoms with Crippen molar-refractivity contribution < 1.29 is 13.4 Å². The zero-order valence-electron chi connectivity index (χ0n) is 25.4. The average Bonchev–Trinajstić information content (AvgIpc) is 2.73. The van der Waals surface area contributed by atoms with Gasteiger partial charge in [-0.3, -0.25) is 5.32 Å². The standard InChI is InChI=1S/C28H59N4/c1-21(2)23(5,6)30(17)20-31(18,24(7,8)22(3,4)29-21)26(11,12)28(15,16)32(20,19)27(13,14)25(30,9)10/h20,29H,1-19H3/q+3. The van der Waals surface area contributed by atoms with Gasteiger partial charge >= 0.3 is 6.29 Å². The van der Waals surface area contributed by atoms with Gasteiger partial charge in [-0.05, 0) is 111 Å². The lowest BCUT2D eigenvalue weighted by Gasteiger charge is -2.68. The molecule has 4 heteroatoms. The van der Waals surface area contributed by atoms with Crippen LogP contribution >= 0.6 is 0 Å². The van der Waals surface area contributed by atoms with E-state index in [1.807, 2.05) is 0 Å². The Morgan fingerprint density at radius 2 is 0.562 bits per heavy atom. The van der Waals surface area contributed by atoms with Crippen molar-refractivity contribution in [3.63, 3.8) is 0 Å². The summed E-state index contributed by atoms with van der Waals surface area (Å²) in [4.78, 5) is 0. The summed E-state index contributed by atoms with van der Waals surface area (Å²) >= 11 is 0. The normalized spacial score (nSPS) is 47.9. The maximum atomic E-state index is 4.27. The summed E-state index contributed by atoms with van der Waals surface area (Å²) < 4.78 is 3.14. The maximum absolute atomic E-state index is 4.27. The zero-order chi connectivity index (χ0) is 25.8. The molecule has 0 aromatic rings. The number of rotatable bonds is 0. The van der Waals surface area contributed by atoms with E-state index in [0.717, 1.165) is 13.4 Å². The van der Waals surface area contributed by atoms with E-state index in [2.05, 4.69) is 137 Å². The highest BCUT2D eigenvalue weighted by molar-refractivity contribution is 5.15. The molecule has 0 aliphatic carbocycles. The van der Waals surface area contributed by atoms with Crippen LogP contribution < -0.4 is 5.32 Å². The van der Waals surface area contributed by atoms with Crippen LogP contribution in [0.4, 0.5) is 0 Å². The Balaban J connectivity index is 2.69. The van der Waals surface area contributed by atoms with Crippen LogP contribution in [-0.4, -0.2) is 85.2 Å². The molecule has 4 nitrogen and oxygen atoms in total. The second-order valence-corrected chi connectivity index (χ2v) is 16.3. The minimum absolute atomic E-state index is 0.0156. The van der Waals surface area contributed by atoms with Gasteiger partial charge in [0.2, 0.25) is 0 Å². The van der Waals surface area contributed by atoms with Crippen molar-refractivity contribution in [2.24, 2.45) is 0 Å². The van der Waals surface area contributed by atoms with E-state index < -0.39 is 0 Å². The van der Waals surface area contributed by atoms with Gasteiger partial charge in [0.15, 0.2) is 22.2 Å². The Hall–Kier alpha value is -0.160. The quantitative estimate of drug-likeness (QED) is 0.482. The molecule has 3 heterocycles. The first-order valence-corrected chi connectivity index (χ1v) is 13.0. The Morgan fingerprint density at radius 3 is 0.781 bits per heavy atom. The van der Waals surface area contributed by atoms with Gasteiger partial charge in [-0.25, -0.2) is 13.4 Å². The van der Waals surface area contributed by atoms with Crippen LogP contribution in [-0.2, 0) is 0 Å². The minimum Gasteiger partial charge on any atom is -0.296 e. The highest BCUT2D eigenvalue weighted by Crippen LogP contribution is 2.72. The van der Waals surface area contributed by atoms with Crippen molar-refractivity contribution in [2.45, 2.75) is 161 Å². The van der Waals surface area contributed by atoms with Gasteiger partial charge in [0, 0.05) is 0 Å². The lowest BCUT2D eigenvalue weighted by molar-refractivity contribution is -1.26. The third-order valence-electron chi connectivity index (χ3n) is 15.0. The van der Waals surface area contributed by atoms with Crippen molar-refractivity contribution in [3.8, 4) is 0 Å². The summed E-state index contributed by atoms with van der Waals surface area (Å²) in [6, 6.07) is 0. The van der Waals surface area contributed by atoms with E-state index in [1.165, 1.54) is 0 Å². The Kier molecular flexibility index (Phi) is 4.65. The predicted molar refractivity (Wildman–Crippen MR) is 138 cm³/mol. The van der Waals surface area contributed by atoms with E-state index in [4.69, 9.17) is 0 Å². The molecule has 2 atom stereocenters. The molecular weight excluding hydrogens is 392 g/mol. The van der Waals surface area contributed by atoms with Crippen LogP contribution in [0, 0.1) is 0 Å². The summed E-state index contributed by atoms with van der Waals surface area (Å²) in [6.07, 6.45) is 0.399. The number of likely N-dealkylation sites (N-methyl/N-ethyl adjacent to an activating group) is 3. The topological polar surface area (TPSA) is 12.0 Å². The fraction of sp³-hybridized carbons (Fsp3) is 1.00.